The van der Waals surface area contributed by atoms with Crippen molar-refractivity contribution in [3.63, 3.8) is 0 Å². The van der Waals surface area contributed by atoms with Crippen molar-refractivity contribution in [1.29, 1.82) is 0 Å². The molecule has 2 aromatic heterocycles. The van der Waals surface area contributed by atoms with Crippen molar-refractivity contribution in [2.24, 2.45) is 0 Å². The molecule has 0 fully saturated rings. The van der Waals surface area contributed by atoms with E-state index in [9.17, 15) is 0 Å². The van der Waals surface area contributed by atoms with E-state index in [-0.39, 0.29) is 0 Å². The van der Waals surface area contributed by atoms with Gasteiger partial charge in [-0.25, -0.2) is 9.97 Å². The molecule has 0 aliphatic heterocycles. The number of hydrogen-bond acceptors (Lipinski definition) is 5. The fraction of sp³-hybridized carbons (Fsp3) is 0.438. The molecular formula is C16H20N4S. The Kier molecular flexibility index (Phi) is 4.70. The molecule has 0 spiro atoms. The summed E-state index contributed by atoms with van der Waals surface area (Å²) < 4.78 is 0. The second-order valence-corrected chi connectivity index (χ2v) is 6.17. The van der Waals surface area contributed by atoms with Crippen LogP contribution in [0.2, 0.25) is 0 Å². The largest absolute Gasteiger partial charge is 0.370 e. The third-order valence-corrected chi connectivity index (χ3v) is 4.39. The number of pyridine rings is 1. The summed E-state index contributed by atoms with van der Waals surface area (Å²) in [6.45, 7) is 0.972. The smallest absolute Gasteiger partial charge is 0.161 e. The highest BCUT2D eigenvalue weighted by Crippen LogP contribution is 2.29. The Bertz CT molecular complexity index is 601. The van der Waals surface area contributed by atoms with Crippen molar-refractivity contribution in [2.45, 2.75) is 25.7 Å². The van der Waals surface area contributed by atoms with Crippen molar-refractivity contribution >= 4 is 17.6 Å². The maximum Gasteiger partial charge on any atom is 0.161 e. The Morgan fingerprint density at radius 1 is 1.19 bits per heavy atom. The van der Waals surface area contributed by atoms with Gasteiger partial charge in [0.1, 0.15) is 5.82 Å². The lowest BCUT2D eigenvalue weighted by Gasteiger charge is -2.12. The molecule has 2 aromatic rings. The molecule has 0 amide bonds. The lowest BCUT2D eigenvalue weighted by molar-refractivity contribution is 0.899. The number of aromatic nitrogens is 3. The van der Waals surface area contributed by atoms with Crippen molar-refractivity contribution in [2.75, 3.05) is 23.9 Å². The summed E-state index contributed by atoms with van der Waals surface area (Å²) in [7, 11) is 0. The summed E-state index contributed by atoms with van der Waals surface area (Å²) >= 11 is 1.88. The van der Waals surface area contributed by atoms with Gasteiger partial charge in [0.15, 0.2) is 5.82 Å². The number of fused-ring (bicyclic) bond motifs is 1. The molecule has 0 radical (unpaired) electrons. The van der Waals surface area contributed by atoms with E-state index < -0.39 is 0 Å². The lowest BCUT2D eigenvalue weighted by Crippen LogP contribution is -2.09. The number of anilines is 1. The quantitative estimate of drug-likeness (QED) is 0.830. The van der Waals surface area contributed by atoms with Crippen molar-refractivity contribution in [1.82, 2.24) is 15.0 Å². The summed E-state index contributed by atoms with van der Waals surface area (Å²) in [6, 6.07) is 3.93. The molecule has 0 unspecified atom stereocenters. The van der Waals surface area contributed by atoms with Gasteiger partial charge in [-0.3, -0.25) is 4.98 Å². The SMILES string of the molecule is CSCCCNc1nc(-c2ccncc2)nc2c1CCC2. The van der Waals surface area contributed by atoms with Crippen LogP contribution in [-0.4, -0.2) is 33.5 Å². The van der Waals surface area contributed by atoms with E-state index in [0.717, 1.165) is 43.0 Å². The minimum absolute atomic E-state index is 0.811. The molecule has 3 rings (SSSR count). The predicted molar refractivity (Wildman–Crippen MR) is 88.8 cm³/mol. The predicted octanol–water partition coefficient (Wildman–Crippen LogP) is 3.19. The van der Waals surface area contributed by atoms with Crippen LogP contribution in [0, 0.1) is 0 Å². The second-order valence-electron chi connectivity index (χ2n) is 5.18. The molecule has 5 heteroatoms. The Morgan fingerprint density at radius 2 is 2.05 bits per heavy atom. The van der Waals surface area contributed by atoms with Gasteiger partial charge in [0, 0.05) is 35.8 Å². The number of nitrogens with zero attached hydrogens (tertiary/aromatic N) is 3. The van der Waals surface area contributed by atoms with Crippen LogP contribution < -0.4 is 5.32 Å². The first kappa shape index (κ1) is 14.3. The summed E-state index contributed by atoms with van der Waals surface area (Å²) in [5, 5.41) is 3.51. The molecular weight excluding hydrogens is 280 g/mol. The molecule has 0 atom stereocenters. The molecule has 0 bridgehead atoms. The maximum atomic E-state index is 4.76. The van der Waals surface area contributed by atoms with E-state index >= 15 is 0 Å². The Balaban J connectivity index is 1.86. The van der Waals surface area contributed by atoms with Gasteiger partial charge >= 0.3 is 0 Å². The van der Waals surface area contributed by atoms with E-state index in [0.29, 0.717) is 0 Å². The van der Waals surface area contributed by atoms with Crippen LogP contribution in [0.25, 0.3) is 11.4 Å². The van der Waals surface area contributed by atoms with Gasteiger partial charge in [0.2, 0.25) is 0 Å². The summed E-state index contributed by atoms with van der Waals surface area (Å²) in [4.78, 5) is 13.6. The first-order chi connectivity index (χ1) is 10.4. The van der Waals surface area contributed by atoms with Crippen LogP contribution in [0.4, 0.5) is 5.82 Å². The zero-order chi connectivity index (χ0) is 14.5. The molecule has 0 saturated heterocycles. The minimum Gasteiger partial charge on any atom is -0.370 e. The number of nitrogens with one attached hydrogen (secondary N) is 1. The van der Waals surface area contributed by atoms with E-state index in [1.807, 2.05) is 23.9 Å². The van der Waals surface area contributed by atoms with Crippen LogP contribution in [0.1, 0.15) is 24.1 Å². The average molecular weight is 300 g/mol. The van der Waals surface area contributed by atoms with Crippen molar-refractivity contribution in [3.05, 3.63) is 35.8 Å². The molecule has 0 aromatic carbocycles. The standard InChI is InChI=1S/C16H20N4S/c1-21-11-3-8-18-16-13-4-2-5-14(13)19-15(20-16)12-6-9-17-10-7-12/h6-7,9-10H,2-5,8,11H2,1H3,(H,18,19,20). The van der Waals surface area contributed by atoms with E-state index in [1.165, 1.54) is 23.4 Å². The molecule has 1 aliphatic rings. The highest BCUT2D eigenvalue weighted by atomic mass is 32.2. The highest BCUT2D eigenvalue weighted by Gasteiger charge is 2.19. The first-order valence-electron chi connectivity index (χ1n) is 7.41. The molecule has 21 heavy (non-hydrogen) atoms. The molecule has 110 valence electrons. The Hall–Kier alpha value is -1.62. The monoisotopic (exact) mass is 300 g/mol. The molecule has 1 aliphatic carbocycles. The van der Waals surface area contributed by atoms with Crippen LogP contribution in [-0.2, 0) is 12.8 Å². The molecule has 0 saturated carbocycles. The van der Waals surface area contributed by atoms with Crippen LogP contribution in [0.5, 0.6) is 0 Å². The van der Waals surface area contributed by atoms with Gasteiger partial charge in [0.05, 0.1) is 0 Å². The third-order valence-electron chi connectivity index (χ3n) is 3.69. The number of hydrogen-bond donors (Lipinski definition) is 1. The molecule has 1 N–H and O–H groups in total. The number of thioether (sulfide) groups is 1. The van der Waals surface area contributed by atoms with E-state index in [1.54, 1.807) is 12.4 Å². The van der Waals surface area contributed by atoms with Gasteiger partial charge in [0.25, 0.3) is 0 Å². The van der Waals surface area contributed by atoms with Gasteiger partial charge < -0.3 is 5.32 Å². The van der Waals surface area contributed by atoms with E-state index in [2.05, 4.69) is 16.6 Å². The molecule has 4 nitrogen and oxygen atoms in total. The fourth-order valence-electron chi connectivity index (χ4n) is 2.63. The molecule has 2 heterocycles. The summed E-state index contributed by atoms with van der Waals surface area (Å²) in [6.07, 6.45) is 10.2. The van der Waals surface area contributed by atoms with Gasteiger partial charge in [-0.2, -0.15) is 11.8 Å². The average Bonchev–Trinajstić information content (AvgIpc) is 3.01. The normalized spacial score (nSPS) is 13.2. The zero-order valence-electron chi connectivity index (χ0n) is 12.3. The highest BCUT2D eigenvalue weighted by molar-refractivity contribution is 7.98. The fourth-order valence-corrected chi connectivity index (χ4v) is 3.07. The maximum absolute atomic E-state index is 4.76. The Labute approximate surface area is 129 Å². The summed E-state index contributed by atoms with van der Waals surface area (Å²) in [5.41, 5.74) is 3.56. The third kappa shape index (κ3) is 3.35. The minimum atomic E-state index is 0.811. The van der Waals surface area contributed by atoms with Crippen LogP contribution >= 0.6 is 11.8 Å². The van der Waals surface area contributed by atoms with Crippen LogP contribution in [0.3, 0.4) is 0 Å². The number of aryl methyl sites for hydroxylation is 1. The van der Waals surface area contributed by atoms with Crippen molar-refractivity contribution < 1.29 is 0 Å². The first-order valence-corrected chi connectivity index (χ1v) is 8.81. The second kappa shape index (κ2) is 6.89. The van der Waals surface area contributed by atoms with Crippen molar-refractivity contribution in [3.8, 4) is 11.4 Å². The van der Waals surface area contributed by atoms with Gasteiger partial charge in [-0.1, -0.05) is 0 Å². The summed E-state index contributed by atoms with van der Waals surface area (Å²) in [5.74, 6) is 3.02. The van der Waals surface area contributed by atoms with E-state index in [4.69, 9.17) is 9.97 Å². The topological polar surface area (TPSA) is 50.7 Å². The lowest BCUT2D eigenvalue weighted by atomic mass is 10.2. The zero-order valence-corrected chi connectivity index (χ0v) is 13.1. The number of rotatable bonds is 6. The van der Waals surface area contributed by atoms with Gasteiger partial charge in [-0.05, 0) is 49.8 Å². The van der Waals surface area contributed by atoms with Gasteiger partial charge in [-0.15, -0.1) is 0 Å². The van der Waals surface area contributed by atoms with Crippen LogP contribution in [0.15, 0.2) is 24.5 Å². The Morgan fingerprint density at radius 3 is 2.86 bits per heavy atom.